The fourth-order valence-corrected chi connectivity index (χ4v) is 6.50. The van der Waals surface area contributed by atoms with Crippen LogP contribution in [0.1, 0.15) is 42.3 Å². The second-order valence-electron chi connectivity index (χ2n) is 10.5. The number of nitrogens with one attached hydrogen (secondary N) is 1. The number of halogens is 2. The molecule has 3 aromatic carbocycles. The predicted octanol–water partition coefficient (Wildman–Crippen LogP) is 4.69. The lowest BCUT2D eigenvalue weighted by Gasteiger charge is -2.34. The topological polar surface area (TPSA) is 104 Å². The maximum absolute atomic E-state index is 14.0. The molecule has 3 amide bonds. The maximum Gasteiger partial charge on any atom is 0.269 e. The zero-order chi connectivity index (χ0) is 29.2. The Morgan fingerprint density at radius 1 is 0.925 bits per heavy atom. The lowest BCUT2D eigenvalue weighted by Crippen LogP contribution is -2.56. The van der Waals surface area contributed by atoms with E-state index in [9.17, 15) is 22.8 Å². The molecule has 0 aromatic heterocycles. The summed E-state index contributed by atoms with van der Waals surface area (Å²) >= 11 is 12.9. The van der Waals surface area contributed by atoms with E-state index in [2.05, 4.69) is 5.32 Å². The summed E-state index contributed by atoms with van der Waals surface area (Å²) in [4.78, 5) is 41.9. The molecule has 210 valence electrons. The van der Waals surface area contributed by atoms with Gasteiger partial charge in [0.2, 0.25) is 11.8 Å². The molecule has 1 atom stereocenters. The van der Waals surface area contributed by atoms with Crippen molar-refractivity contribution in [1.29, 1.82) is 0 Å². The van der Waals surface area contributed by atoms with Crippen molar-refractivity contribution in [2.24, 2.45) is 0 Å². The minimum atomic E-state index is -4.26. The van der Waals surface area contributed by atoms with Gasteiger partial charge in [-0.1, -0.05) is 71.7 Å². The van der Waals surface area contributed by atoms with Crippen LogP contribution < -0.4 is 5.32 Å². The summed E-state index contributed by atoms with van der Waals surface area (Å²) in [7, 11) is -4.26. The molecular weight excluding hydrogens is 573 g/mol. The van der Waals surface area contributed by atoms with E-state index in [4.69, 9.17) is 23.2 Å². The molecule has 0 radical (unpaired) electrons. The van der Waals surface area contributed by atoms with Crippen LogP contribution in [0.25, 0.3) is 0 Å². The van der Waals surface area contributed by atoms with E-state index in [0.717, 1.165) is 5.56 Å². The Morgan fingerprint density at radius 2 is 1.52 bits per heavy atom. The first-order chi connectivity index (χ1) is 18.8. The highest BCUT2D eigenvalue weighted by Gasteiger charge is 2.43. The minimum Gasteiger partial charge on any atom is -0.350 e. The van der Waals surface area contributed by atoms with Crippen molar-refractivity contribution in [3.05, 3.63) is 99.5 Å². The van der Waals surface area contributed by atoms with Crippen LogP contribution in [0.4, 0.5) is 0 Å². The molecule has 0 saturated heterocycles. The normalized spacial score (nSPS) is 14.9. The molecule has 1 aliphatic rings. The Kier molecular flexibility index (Phi) is 8.58. The molecule has 8 nitrogen and oxygen atoms in total. The molecular formula is C29H29Cl2N3O5S. The van der Waals surface area contributed by atoms with Gasteiger partial charge in [0.15, 0.2) is 0 Å². The largest absolute Gasteiger partial charge is 0.350 e. The summed E-state index contributed by atoms with van der Waals surface area (Å²) in [5.41, 5.74) is 0.525. The molecule has 1 heterocycles. The van der Waals surface area contributed by atoms with E-state index in [1.165, 1.54) is 23.1 Å². The monoisotopic (exact) mass is 601 g/mol. The van der Waals surface area contributed by atoms with Crippen LogP contribution in [0, 0.1) is 0 Å². The highest BCUT2D eigenvalue weighted by molar-refractivity contribution is 7.90. The number of nitrogens with zero attached hydrogens (tertiary/aromatic N) is 2. The molecule has 0 unspecified atom stereocenters. The second kappa shape index (κ2) is 11.6. The van der Waals surface area contributed by atoms with Crippen molar-refractivity contribution in [3.8, 4) is 0 Å². The molecule has 11 heteroatoms. The van der Waals surface area contributed by atoms with Crippen molar-refractivity contribution in [3.63, 3.8) is 0 Å². The third-order valence-electron chi connectivity index (χ3n) is 6.35. The van der Waals surface area contributed by atoms with Crippen molar-refractivity contribution < 1.29 is 22.8 Å². The molecule has 0 aliphatic carbocycles. The lowest BCUT2D eigenvalue weighted by atomic mass is 10.0. The van der Waals surface area contributed by atoms with Crippen LogP contribution >= 0.6 is 23.2 Å². The van der Waals surface area contributed by atoms with Crippen molar-refractivity contribution in [1.82, 2.24) is 14.5 Å². The Hall–Kier alpha value is -3.40. The highest BCUT2D eigenvalue weighted by atomic mass is 35.5. The number of amides is 3. The number of carbonyl (C=O) groups excluding carboxylic acids is 3. The molecule has 1 aliphatic heterocycles. The Bertz CT molecular complexity index is 1540. The smallest absolute Gasteiger partial charge is 0.269 e. The van der Waals surface area contributed by atoms with Gasteiger partial charge in [0.25, 0.3) is 15.9 Å². The molecule has 40 heavy (non-hydrogen) atoms. The van der Waals surface area contributed by atoms with Gasteiger partial charge in [-0.2, -0.15) is 0 Å². The summed E-state index contributed by atoms with van der Waals surface area (Å²) in [5, 5.41) is 3.48. The first-order valence-electron chi connectivity index (χ1n) is 12.5. The summed E-state index contributed by atoms with van der Waals surface area (Å²) < 4.78 is 27.0. The van der Waals surface area contributed by atoms with Gasteiger partial charge < -0.3 is 10.2 Å². The number of carbonyl (C=O) groups is 3. The molecule has 1 N–H and O–H groups in total. The van der Waals surface area contributed by atoms with Crippen molar-refractivity contribution >= 4 is 50.9 Å². The fourth-order valence-electron chi connectivity index (χ4n) is 4.46. The number of hydrogen-bond acceptors (Lipinski definition) is 5. The van der Waals surface area contributed by atoms with Crippen LogP contribution in [0.3, 0.4) is 0 Å². The SMILES string of the molecule is CC(C)(C)NC(=O)[C@H](Cc1ccccc1)N(Cc1c(Cl)cccc1Cl)C(=O)CN1C(=O)c2ccccc2S1(=O)=O. The van der Waals surface area contributed by atoms with Gasteiger partial charge in [-0.25, -0.2) is 12.7 Å². The zero-order valence-corrected chi connectivity index (χ0v) is 24.6. The van der Waals surface area contributed by atoms with Crippen LogP contribution in [-0.4, -0.2) is 53.5 Å². The molecule has 4 rings (SSSR count). The Balaban J connectivity index is 1.77. The lowest BCUT2D eigenvalue weighted by molar-refractivity contribution is -0.141. The van der Waals surface area contributed by atoms with Crippen LogP contribution in [0.5, 0.6) is 0 Å². The van der Waals surface area contributed by atoms with E-state index in [0.29, 0.717) is 9.87 Å². The molecule has 0 fully saturated rings. The van der Waals surface area contributed by atoms with Gasteiger partial charge in [0, 0.05) is 34.1 Å². The maximum atomic E-state index is 14.0. The van der Waals surface area contributed by atoms with Gasteiger partial charge in [0.1, 0.15) is 17.5 Å². The standard InChI is InChI=1S/C29H29Cl2N3O5S/c1-29(2,3)32-27(36)24(16-19-10-5-4-6-11-19)33(17-21-22(30)13-9-14-23(21)31)26(35)18-34-28(37)20-12-7-8-15-25(20)40(34,38)39/h4-15,24H,16-18H2,1-3H3,(H,32,36)/t24-/m0/s1. The van der Waals surface area contributed by atoms with E-state index in [-0.39, 0.29) is 33.5 Å². The number of sulfonamides is 1. The quantitative estimate of drug-likeness (QED) is 0.403. The first kappa shape index (κ1) is 29.6. The van der Waals surface area contributed by atoms with Gasteiger partial charge in [0.05, 0.1) is 5.56 Å². The highest BCUT2D eigenvalue weighted by Crippen LogP contribution is 2.31. The third kappa shape index (κ3) is 6.32. The summed E-state index contributed by atoms with van der Waals surface area (Å²) in [6.45, 7) is 4.45. The van der Waals surface area contributed by atoms with Crippen molar-refractivity contribution in [2.75, 3.05) is 6.54 Å². The average molecular weight is 603 g/mol. The first-order valence-corrected chi connectivity index (χ1v) is 14.7. The second-order valence-corrected chi connectivity index (χ2v) is 13.1. The van der Waals surface area contributed by atoms with Crippen LogP contribution in [0.2, 0.25) is 10.0 Å². The number of hydrogen-bond donors (Lipinski definition) is 1. The average Bonchev–Trinajstić information content (AvgIpc) is 3.08. The van der Waals surface area contributed by atoms with Gasteiger partial charge >= 0.3 is 0 Å². The number of rotatable bonds is 8. The van der Waals surface area contributed by atoms with E-state index >= 15 is 0 Å². The van der Waals surface area contributed by atoms with E-state index in [1.807, 2.05) is 51.1 Å². The van der Waals surface area contributed by atoms with E-state index < -0.39 is 45.9 Å². The Labute approximate surface area is 243 Å². The van der Waals surface area contributed by atoms with Gasteiger partial charge in [-0.3, -0.25) is 14.4 Å². The van der Waals surface area contributed by atoms with Crippen molar-refractivity contribution in [2.45, 2.75) is 50.2 Å². The molecule has 3 aromatic rings. The zero-order valence-electron chi connectivity index (χ0n) is 22.2. The Morgan fingerprint density at radius 3 is 2.12 bits per heavy atom. The number of benzene rings is 3. The van der Waals surface area contributed by atoms with Gasteiger partial charge in [-0.05, 0) is 50.6 Å². The summed E-state index contributed by atoms with van der Waals surface area (Å²) in [5.74, 6) is -2.02. The predicted molar refractivity (Wildman–Crippen MR) is 154 cm³/mol. The molecule has 0 bridgehead atoms. The molecule has 0 saturated carbocycles. The van der Waals surface area contributed by atoms with Gasteiger partial charge in [-0.15, -0.1) is 0 Å². The van der Waals surface area contributed by atoms with Crippen LogP contribution in [0.15, 0.2) is 77.7 Å². The third-order valence-corrected chi connectivity index (χ3v) is 8.85. The number of fused-ring (bicyclic) bond motifs is 1. The summed E-state index contributed by atoms with van der Waals surface area (Å²) in [6.07, 6.45) is 0.123. The molecule has 0 spiro atoms. The fraction of sp³-hybridized carbons (Fsp3) is 0.276. The van der Waals surface area contributed by atoms with Crippen LogP contribution in [-0.2, 0) is 32.6 Å². The summed E-state index contributed by atoms with van der Waals surface area (Å²) in [6, 6.07) is 18.7. The minimum absolute atomic E-state index is 0.0118. The van der Waals surface area contributed by atoms with E-state index in [1.54, 1.807) is 24.3 Å².